The number of hydrogen-bond acceptors (Lipinski definition) is 4. The Bertz CT molecular complexity index is 946. The number of aryl methyl sites for hydroxylation is 3. The van der Waals surface area contributed by atoms with Crippen molar-refractivity contribution in [3.63, 3.8) is 0 Å². The van der Waals surface area contributed by atoms with Gasteiger partial charge in [0.25, 0.3) is 0 Å². The van der Waals surface area contributed by atoms with E-state index in [2.05, 4.69) is 59.7 Å². The van der Waals surface area contributed by atoms with Crippen LogP contribution in [0.1, 0.15) is 40.7 Å². The van der Waals surface area contributed by atoms with Crippen LogP contribution in [0.3, 0.4) is 0 Å². The highest BCUT2D eigenvalue weighted by atomic mass is 127. The Morgan fingerprint density at radius 2 is 1.97 bits per heavy atom. The lowest BCUT2D eigenvalue weighted by Gasteiger charge is -2.12. The van der Waals surface area contributed by atoms with E-state index in [-0.39, 0.29) is 24.0 Å². The van der Waals surface area contributed by atoms with E-state index in [1.807, 2.05) is 29.9 Å². The first kappa shape index (κ1) is 23.3. The van der Waals surface area contributed by atoms with Crippen LogP contribution in [0, 0.1) is 13.8 Å². The molecule has 0 amide bonds. The van der Waals surface area contributed by atoms with Gasteiger partial charge in [-0.15, -0.1) is 35.3 Å². The number of aromatic nitrogens is 3. The molecule has 0 aliphatic carbocycles. The maximum absolute atomic E-state index is 4.78. The van der Waals surface area contributed by atoms with Crippen LogP contribution in [0.15, 0.2) is 41.5 Å². The van der Waals surface area contributed by atoms with Crippen molar-refractivity contribution >= 4 is 41.3 Å². The third kappa shape index (κ3) is 6.27. The van der Waals surface area contributed by atoms with E-state index < -0.39 is 0 Å². The lowest BCUT2D eigenvalue weighted by atomic mass is 10.2. The highest BCUT2D eigenvalue weighted by Gasteiger charge is 2.09. The van der Waals surface area contributed by atoms with Gasteiger partial charge < -0.3 is 10.6 Å². The summed E-state index contributed by atoms with van der Waals surface area (Å²) in [5, 5.41) is 12.4. The molecule has 8 heteroatoms. The highest BCUT2D eigenvalue weighted by Crippen LogP contribution is 2.18. The first-order valence-electron chi connectivity index (χ1n) is 9.68. The Hall–Kier alpha value is -1.94. The molecule has 2 N–H and O–H groups in total. The molecule has 0 radical (unpaired) electrons. The maximum Gasteiger partial charge on any atom is 0.191 e. The molecule has 29 heavy (non-hydrogen) atoms. The van der Waals surface area contributed by atoms with Crippen molar-refractivity contribution < 1.29 is 0 Å². The Balaban J connectivity index is 0.00000300. The summed E-state index contributed by atoms with van der Waals surface area (Å²) in [4.78, 5) is 10.5. The Morgan fingerprint density at radius 3 is 2.62 bits per heavy atom. The molecule has 0 bridgehead atoms. The predicted molar refractivity (Wildman–Crippen MR) is 132 cm³/mol. The molecular weight excluding hydrogens is 495 g/mol. The number of rotatable bonds is 7. The van der Waals surface area contributed by atoms with E-state index in [1.165, 1.54) is 4.88 Å². The molecule has 0 saturated carbocycles. The third-order valence-electron chi connectivity index (χ3n) is 4.34. The molecule has 0 spiro atoms. The van der Waals surface area contributed by atoms with Crippen molar-refractivity contribution in [2.75, 3.05) is 6.54 Å². The Labute approximate surface area is 193 Å². The second-order valence-corrected chi connectivity index (χ2v) is 7.79. The topological polar surface area (TPSA) is 67.1 Å². The summed E-state index contributed by atoms with van der Waals surface area (Å²) in [7, 11) is 0. The second-order valence-electron chi connectivity index (χ2n) is 6.59. The summed E-state index contributed by atoms with van der Waals surface area (Å²) in [6.45, 7) is 10.4. The number of benzene rings is 1. The zero-order valence-corrected chi connectivity index (χ0v) is 20.5. The fraction of sp³-hybridized carbons (Fsp3) is 0.381. The molecule has 0 aliphatic rings. The van der Waals surface area contributed by atoms with Crippen LogP contribution in [0.4, 0.5) is 0 Å². The smallest absolute Gasteiger partial charge is 0.191 e. The van der Waals surface area contributed by atoms with Gasteiger partial charge >= 0.3 is 0 Å². The quantitative estimate of drug-likeness (QED) is 0.274. The average molecular weight is 524 g/mol. The summed E-state index contributed by atoms with van der Waals surface area (Å²) in [6.07, 6.45) is 2.98. The number of hydrogen-bond donors (Lipinski definition) is 2. The molecule has 0 fully saturated rings. The van der Waals surface area contributed by atoms with Crippen LogP contribution >= 0.6 is 35.3 Å². The van der Waals surface area contributed by atoms with Gasteiger partial charge in [-0.1, -0.05) is 25.1 Å². The summed E-state index contributed by atoms with van der Waals surface area (Å²) >= 11 is 1.74. The van der Waals surface area contributed by atoms with Gasteiger partial charge in [0.2, 0.25) is 0 Å². The molecule has 0 atom stereocenters. The number of nitrogens with one attached hydrogen (secondary N) is 2. The molecule has 156 valence electrons. The third-order valence-corrected chi connectivity index (χ3v) is 5.48. The van der Waals surface area contributed by atoms with Crippen molar-refractivity contribution in [3.8, 4) is 5.69 Å². The number of halogens is 1. The van der Waals surface area contributed by atoms with E-state index in [4.69, 9.17) is 4.99 Å². The Kier molecular flexibility index (Phi) is 9.09. The fourth-order valence-corrected chi connectivity index (χ4v) is 3.78. The molecule has 2 aromatic heterocycles. The highest BCUT2D eigenvalue weighted by molar-refractivity contribution is 14.0. The van der Waals surface area contributed by atoms with Crippen LogP contribution in [0.25, 0.3) is 5.69 Å². The fourth-order valence-electron chi connectivity index (χ4n) is 2.98. The normalized spacial score (nSPS) is 11.2. The number of para-hydroxylation sites is 1. The van der Waals surface area contributed by atoms with Crippen molar-refractivity contribution in [1.82, 2.24) is 25.4 Å². The van der Waals surface area contributed by atoms with Crippen LogP contribution in [-0.4, -0.2) is 27.3 Å². The standard InChI is InChI=1S/C21H28N6S.HI/c1-5-18-13-23-20(28-18)14-25-21(22-6-2)24-12-17-9-7-8-10-19(17)27-16(4)11-15(3)26-27;/h7-11,13H,5-6,12,14H2,1-4H3,(H2,22,24,25);1H. The zero-order valence-electron chi connectivity index (χ0n) is 17.4. The summed E-state index contributed by atoms with van der Waals surface area (Å²) in [5.41, 5.74) is 4.34. The van der Waals surface area contributed by atoms with Crippen LogP contribution in [0.2, 0.25) is 0 Å². The van der Waals surface area contributed by atoms with Gasteiger partial charge in [0.15, 0.2) is 5.96 Å². The molecule has 3 aromatic rings. The van der Waals surface area contributed by atoms with Crippen molar-refractivity contribution in [2.24, 2.45) is 4.99 Å². The number of aliphatic imine (C=N–C) groups is 1. The molecule has 1 aromatic carbocycles. The van der Waals surface area contributed by atoms with E-state index in [0.29, 0.717) is 13.1 Å². The average Bonchev–Trinajstić information content (AvgIpc) is 3.29. The second kappa shape index (κ2) is 11.3. The largest absolute Gasteiger partial charge is 0.357 e. The molecule has 2 heterocycles. The van der Waals surface area contributed by atoms with Gasteiger partial charge in [0, 0.05) is 23.3 Å². The summed E-state index contributed by atoms with van der Waals surface area (Å²) in [5.74, 6) is 0.791. The molecule has 0 aliphatic heterocycles. The van der Waals surface area contributed by atoms with Gasteiger partial charge in [-0.05, 0) is 44.9 Å². The van der Waals surface area contributed by atoms with E-state index >= 15 is 0 Å². The number of thiazole rings is 1. The maximum atomic E-state index is 4.78. The minimum Gasteiger partial charge on any atom is -0.357 e. The Morgan fingerprint density at radius 1 is 1.17 bits per heavy atom. The van der Waals surface area contributed by atoms with Gasteiger partial charge in [-0.3, -0.25) is 0 Å². The van der Waals surface area contributed by atoms with E-state index in [9.17, 15) is 0 Å². The molecule has 0 unspecified atom stereocenters. The summed E-state index contributed by atoms with van der Waals surface area (Å²) in [6, 6.07) is 10.4. The first-order valence-corrected chi connectivity index (χ1v) is 10.5. The van der Waals surface area contributed by atoms with Crippen molar-refractivity contribution in [3.05, 3.63) is 63.4 Å². The van der Waals surface area contributed by atoms with Gasteiger partial charge in [-0.2, -0.15) is 5.10 Å². The van der Waals surface area contributed by atoms with Crippen molar-refractivity contribution in [1.29, 1.82) is 0 Å². The van der Waals surface area contributed by atoms with E-state index in [0.717, 1.165) is 46.6 Å². The molecule has 0 saturated heterocycles. The number of guanidine groups is 1. The monoisotopic (exact) mass is 524 g/mol. The zero-order chi connectivity index (χ0) is 19.9. The van der Waals surface area contributed by atoms with Gasteiger partial charge in [0.05, 0.1) is 24.5 Å². The minimum atomic E-state index is 0. The predicted octanol–water partition coefficient (Wildman–Crippen LogP) is 4.38. The summed E-state index contributed by atoms with van der Waals surface area (Å²) < 4.78 is 1.99. The first-order chi connectivity index (χ1) is 13.6. The van der Waals surface area contributed by atoms with Crippen molar-refractivity contribution in [2.45, 2.75) is 47.2 Å². The molecule has 3 rings (SSSR count). The number of nitrogens with zero attached hydrogens (tertiary/aromatic N) is 4. The van der Waals surface area contributed by atoms with Crippen LogP contribution in [-0.2, 0) is 19.5 Å². The minimum absolute atomic E-state index is 0. The lowest BCUT2D eigenvalue weighted by Crippen LogP contribution is -2.36. The molecular formula is C21H29IN6S. The van der Waals surface area contributed by atoms with Gasteiger partial charge in [0.1, 0.15) is 5.01 Å². The lowest BCUT2D eigenvalue weighted by molar-refractivity contribution is 0.798. The van der Waals surface area contributed by atoms with Crippen LogP contribution < -0.4 is 10.6 Å². The van der Waals surface area contributed by atoms with Gasteiger partial charge in [-0.25, -0.2) is 14.7 Å². The molecule has 6 nitrogen and oxygen atoms in total. The van der Waals surface area contributed by atoms with Crippen LogP contribution in [0.5, 0.6) is 0 Å². The van der Waals surface area contributed by atoms with E-state index in [1.54, 1.807) is 11.3 Å². The SMILES string of the molecule is CCNC(=NCc1ccccc1-n1nc(C)cc1C)NCc1ncc(CC)s1.I.